The minimum absolute atomic E-state index is 0.0832. The van der Waals surface area contributed by atoms with Gasteiger partial charge in [-0.15, -0.1) is 0 Å². The Morgan fingerprint density at radius 2 is 1.62 bits per heavy atom. The number of benzene rings is 3. The van der Waals surface area contributed by atoms with Crippen LogP contribution in [0.3, 0.4) is 0 Å². The highest BCUT2D eigenvalue weighted by atomic mass is 31.2. The number of aromatic nitrogens is 2. The molecule has 10 nitrogen and oxygen atoms in total. The Kier molecular flexibility index (Phi) is 9.86. The topological polar surface area (TPSA) is 107 Å². The maximum atomic E-state index is 13.1. The molecule has 0 radical (unpaired) electrons. The SMILES string of the molecule is CC[C@H]1O[C@@H](n2ccc(NC(=O)Nc3ccccc3)nc2=O)CC1O[P@@]1O[C@H](C[Si](C)(c2ccccc2)c2ccccc2)[C@@H]2CCCN21. The summed E-state index contributed by atoms with van der Waals surface area (Å²) >= 11 is 0. The average Bonchev–Trinajstić information content (AvgIpc) is 3.83. The molecule has 3 aromatic carbocycles. The number of carbonyl (C=O) groups is 1. The molecule has 0 aliphatic carbocycles. The lowest BCUT2D eigenvalue weighted by Gasteiger charge is -2.32. The Hall–Kier alpha value is -3.70. The lowest BCUT2D eigenvalue weighted by atomic mass is 10.1. The predicted octanol–water partition coefficient (Wildman–Crippen LogP) is 5.95. The van der Waals surface area contributed by atoms with E-state index in [9.17, 15) is 9.59 Å². The van der Waals surface area contributed by atoms with Crippen molar-refractivity contribution in [2.75, 3.05) is 17.2 Å². The van der Waals surface area contributed by atoms with Gasteiger partial charge in [-0.2, -0.15) is 4.98 Å². The van der Waals surface area contributed by atoms with Gasteiger partial charge in [-0.05, 0) is 43.5 Å². The summed E-state index contributed by atoms with van der Waals surface area (Å²) in [4.78, 5) is 29.6. The third-order valence-electron chi connectivity index (χ3n) is 9.79. The lowest BCUT2D eigenvalue weighted by molar-refractivity contribution is -0.0187. The first-order valence-corrected chi connectivity index (χ1v) is 20.6. The molecule has 0 bridgehead atoms. The Morgan fingerprint density at radius 3 is 2.27 bits per heavy atom. The Balaban J connectivity index is 1.03. The first-order valence-electron chi connectivity index (χ1n) is 16.8. The molecule has 250 valence electrons. The molecule has 6 atom stereocenters. The number of carbonyl (C=O) groups excluding carboxylic acids is 1. The fourth-order valence-electron chi connectivity index (χ4n) is 7.24. The van der Waals surface area contributed by atoms with Crippen LogP contribution in [0.5, 0.6) is 0 Å². The molecule has 0 spiro atoms. The molecule has 2 N–H and O–H groups in total. The third-order valence-corrected chi connectivity index (χ3v) is 16.0. The van der Waals surface area contributed by atoms with E-state index < -0.39 is 34.5 Å². The molecular weight excluding hydrogens is 641 g/mol. The van der Waals surface area contributed by atoms with E-state index in [-0.39, 0.29) is 24.1 Å². The monoisotopic (exact) mass is 683 g/mol. The van der Waals surface area contributed by atoms with E-state index in [0.717, 1.165) is 31.9 Å². The first-order chi connectivity index (χ1) is 23.4. The molecule has 0 saturated carbocycles. The third kappa shape index (κ3) is 6.89. The number of amides is 2. The van der Waals surface area contributed by atoms with Crippen LogP contribution in [0.2, 0.25) is 12.6 Å². The minimum atomic E-state index is -2.11. The van der Waals surface area contributed by atoms with E-state index >= 15 is 0 Å². The van der Waals surface area contributed by atoms with Crippen molar-refractivity contribution in [3.8, 4) is 0 Å². The Labute approximate surface area is 283 Å². The minimum Gasteiger partial charge on any atom is -0.352 e. The summed E-state index contributed by atoms with van der Waals surface area (Å²) in [5, 5.41) is 8.19. The van der Waals surface area contributed by atoms with Gasteiger partial charge in [-0.25, -0.2) is 14.3 Å². The molecule has 3 aliphatic rings. The Bertz CT molecular complexity index is 1710. The van der Waals surface area contributed by atoms with Crippen LogP contribution in [0.15, 0.2) is 108 Å². The summed E-state index contributed by atoms with van der Waals surface area (Å²) < 4.78 is 24.0. The molecule has 48 heavy (non-hydrogen) atoms. The van der Waals surface area contributed by atoms with E-state index in [4.69, 9.17) is 13.8 Å². The van der Waals surface area contributed by atoms with Crippen molar-refractivity contribution in [1.82, 2.24) is 14.2 Å². The first kappa shape index (κ1) is 32.8. The molecule has 3 aliphatic heterocycles. The van der Waals surface area contributed by atoms with Gasteiger partial charge in [0.25, 0.3) is 8.53 Å². The van der Waals surface area contributed by atoms with Gasteiger partial charge in [0.05, 0.1) is 18.3 Å². The molecule has 4 heterocycles. The summed E-state index contributed by atoms with van der Waals surface area (Å²) in [7, 11) is -3.39. The molecule has 7 rings (SSSR count). The van der Waals surface area contributed by atoms with Crippen LogP contribution in [-0.4, -0.2) is 59.2 Å². The van der Waals surface area contributed by atoms with Crippen LogP contribution in [0.4, 0.5) is 16.3 Å². The second-order valence-corrected chi connectivity index (χ2v) is 18.5. The molecular formula is C36H42N5O5PSi. The summed E-state index contributed by atoms with van der Waals surface area (Å²) in [5.74, 6) is 0.165. The van der Waals surface area contributed by atoms with E-state index in [1.165, 1.54) is 14.9 Å². The van der Waals surface area contributed by atoms with Crippen LogP contribution in [-0.2, 0) is 13.8 Å². The molecule has 1 unspecified atom stereocenters. The number of nitrogens with one attached hydrogen (secondary N) is 2. The Morgan fingerprint density at radius 1 is 0.958 bits per heavy atom. The smallest absolute Gasteiger partial charge is 0.351 e. The highest BCUT2D eigenvalue weighted by Gasteiger charge is 2.51. The highest BCUT2D eigenvalue weighted by molar-refractivity contribution is 7.45. The van der Waals surface area contributed by atoms with Crippen molar-refractivity contribution >= 4 is 44.5 Å². The van der Waals surface area contributed by atoms with Gasteiger partial charge >= 0.3 is 11.7 Å². The van der Waals surface area contributed by atoms with Crippen LogP contribution in [0.25, 0.3) is 0 Å². The zero-order valence-corrected chi connectivity index (χ0v) is 29.2. The van der Waals surface area contributed by atoms with E-state index in [1.807, 2.05) is 18.2 Å². The quantitative estimate of drug-likeness (QED) is 0.157. The van der Waals surface area contributed by atoms with Crippen LogP contribution in [0, 0.1) is 0 Å². The van der Waals surface area contributed by atoms with E-state index in [0.29, 0.717) is 18.2 Å². The summed E-state index contributed by atoms with van der Waals surface area (Å²) in [6.07, 6.45) is 4.26. The van der Waals surface area contributed by atoms with Crippen molar-refractivity contribution in [2.24, 2.45) is 0 Å². The van der Waals surface area contributed by atoms with Crippen molar-refractivity contribution < 1.29 is 18.6 Å². The van der Waals surface area contributed by atoms with Crippen molar-refractivity contribution in [3.63, 3.8) is 0 Å². The number of nitrogens with zero attached hydrogens (tertiary/aromatic N) is 3. The largest absolute Gasteiger partial charge is 0.352 e. The fraction of sp³-hybridized carbons (Fsp3) is 0.361. The summed E-state index contributed by atoms with van der Waals surface area (Å²) in [5.41, 5.74) is 0.142. The van der Waals surface area contributed by atoms with Crippen molar-refractivity contribution in [2.45, 2.75) is 75.8 Å². The number of rotatable bonds is 10. The second-order valence-electron chi connectivity index (χ2n) is 12.9. The fourth-order valence-corrected chi connectivity index (χ4v) is 13.2. The molecule has 4 aromatic rings. The van der Waals surface area contributed by atoms with Gasteiger partial charge in [0.15, 0.2) is 0 Å². The van der Waals surface area contributed by atoms with Gasteiger partial charge < -0.3 is 19.1 Å². The number of hydrogen-bond acceptors (Lipinski definition) is 7. The van der Waals surface area contributed by atoms with Gasteiger partial charge in [-0.1, -0.05) is 103 Å². The normalized spacial score (nSPS) is 25.5. The maximum Gasteiger partial charge on any atom is 0.351 e. The number of urea groups is 1. The molecule has 2 amide bonds. The zero-order chi connectivity index (χ0) is 33.1. The predicted molar refractivity (Wildman–Crippen MR) is 191 cm³/mol. The summed E-state index contributed by atoms with van der Waals surface area (Å²) in [6, 6.07) is 33.4. The number of ether oxygens (including phenoxy) is 1. The number of hydrogen-bond donors (Lipinski definition) is 2. The van der Waals surface area contributed by atoms with Gasteiger partial charge in [0, 0.05) is 30.9 Å². The zero-order valence-electron chi connectivity index (χ0n) is 27.3. The molecule has 12 heteroatoms. The standard InChI is InChI=1S/C36H42N5O5PSi/c1-3-30-31(24-34(44-30)40-23-21-33(39-36(40)43)38-35(42)37-26-14-7-4-8-15-26)45-47-41-22-13-20-29(41)32(46-47)25-48(2,27-16-9-5-10-17-27)28-18-11-6-12-19-28/h4-12,14-19,21,23,29-32,34H,3,13,20,22,24-25H2,1-2H3,(H2,37,38,39,42,43)/t29-,30+,31?,32+,34+,47-/m0/s1. The highest BCUT2D eigenvalue weighted by Crippen LogP contribution is 2.58. The number of fused-ring (bicyclic) bond motifs is 1. The van der Waals surface area contributed by atoms with Crippen molar-refractivity contribution in [3.05, 3.63) is 114 Å². The second kappa shape index (κ2) is 14.4. The molecule has 1 aromatic heterocycles. The van der Waals surface area contributed by atoms with E-state index in [1.54, 1.807) is 24.4 Å². The van der Waals surface area contributed by atoms with Gasteiger partial charge in [0.1, 0.15) is 20.1 Å². The molecule has 3 saturated heterocycles. The van der Waals surface area contributed by atoms with Crippen LogP contribution < -0.4 is 26.7 Å². The van der Waals surface area contributed by atoms with Crippen molar-refractivity contribution in [1.29, 1.82) is 0 Å². The van der Waals surface area contributed by atoms with Crippen LogP contribution >= 0.6 is 8.53 Å². The average molecular weight is 684 g/mol. The van der Waals surface area contributed by atoms with Gasteiger partial charge in [-0.3, -0.25) is 9.88 Å². The maximum absolute atomic E-state index is 13.1. The summed E-state index contributed by atoms with van der Waals surface area (Å²) in [6.45, 7) is 5.50. The molecule has 3 fully saturated rings. The van der Waals surface area contributed by atoms with E-state index in [2.05, 4.69) is 94.4 Å². The number of para-hydroxylation sites is 1. The van der Waals surface area contributed by atoms with Crippen LogP contribution in [0.1, 0.15) is 38.8 Å². The van der Waals surface area contributed by atoms with Gasteiger partial charge in [0.2, 0.25) is 0 Å². The lowest BCUT2D eigenvalue weighted by Crippen LogP contribution is -2.58. The number of anilines is 2.